The van der Waals surface area contributed by atoms with Gasteiger partial charge in [-0.25, -0.2) is 18.5 Å². The van der Waals surface area contributed by atoms with Crippen LogP contribution >= 0.6 is 11.8 Å². The summed E-state index contributed by atoms with van der Waals surface area (Å²) in [5.74, 6) is -0.573. The number of primary sulfonamides is 1. The standard InChI is InChI=1S/C17H16N4O4S2/c18-27(24,25)13-8-6-12(7-9-13)20-17-21-16(23)14(26-17)10-15(22)19-11-4-2-1-3-5-11/h1-9,14H,10H2,(H,19,22)(H2,18,24,25)(H,20,21,23)/t14-/m1/s1. The SMILES string of the molecule is NS(=O)(=O)c1ccc(N=C2NC(=O)[C@@H](CC(=O)Nc3ccccc3)S2)cc1. The van der Waals surface area contributed by atoms with Crippen LogP contribution in [0.3, 0.4) is 0 Å². The number of thioether (sulfide) groups is 1. The van der Waals surface area contributed by atoms with Crippen molar-refractivity contribution < 1.29 is 18.0 Å². The van der Waals surface area contributed by atoms with Gasteiger partial charge >= 0.3 is 0 Å². The highest BCUT2D eigenvalue weighted by Gasteiger charge is 2.32. The van der Waals surface area contributed by atoms with Crippen molar-refractivity contribution in [1.29, 1.82) is 0 Å². The summed E-state index contributed by atoms with van der Waals surface area (Å²) in [5.41, 5.74) is 1.12. The number of hydrogen-bond acceptors (Lipinski definition) is 6. The predicted octanol–water partition coefficient (Wildman–Crippen LogP) is 1.58. The van der Waals surface area contributed by atoms with E-state index in [1.807, 2.05) is 6.07 Å². The van der Waals surface area contributed by atoms with Gasteiger partial charge < -0.3 is 10.6 Å². The number of aliphatic imine (C=N–C) groups is 1. The fraction of sp³-hybridized carbons (Fsp3) is 0.118. The van der Waals surface area contributed by atoms with Gasteiger partial charge in [-0.15, -0.1) is 0 Å². The smallest absolute Gasteiger partial charge is 0.240 e. The lowest BCUT2D eigenvalue weighted by molar-refractivity contribution is -0.122. The maximum absolute atomic E-state index is 12.1. The molecule has 1 heterocycles. The maximum Gasteiger partial charge on any atom is 0.240 e. The lowest BCUT2D eigenvalue weighted by atomic mass is 10.2. The zero-order valence-corrected chi connectivity index (χ0v) is 15.6. The van der Waals surface area contributed by atoms with E-state index in [0.717, 1.165) is 11.8 Å². The highest BCUT2D eigenvalue weighted by molar-refractivity contribution is 8.15. The van der Waals surface area contributed by atoms with Crippen LogP contribution in [0.15, 0.2) is 64.5 Å². The molecule has 2 aromatic rings. The van der Waals surface area contributed by atoms with E-state index in [4.69, 9.17) is 5.14 Å². The number of amidine groups is 1. The number of nitrogens with two attached hydrogens (primary N) is 1. The molecule has 140 valence electrons. The van der Waals surface area contributed by atoms with Gasteiger partial charge in [-0.2, -0.15) is 0 Å². The number of sulfonamides is 1. The normalized spacial score (nSPS) is 18.3. The summed E-state index contributed by atoms with van der Waals surface area (Å²) < 4.78 is 22.5. The molecule has 8 nitrogen and oxygen atoms in total. The lowest BCUT2D eigenvalue weighted by Crippen LogP contribution is -2.28. The molecule has 0 aromatic heterocycles. The van der Waals surface area contributed by atoms with Crippen LogP contribution in [0, 0.1) is 0 Å². The Balaban J connectivity index is 1.63. The number of para-hydroxylation sites is 1. The number of hydrogen-bond donors (Lipinski definition) is 3. The van der Waals surface area contributed by atoms with Gasteiger partial charge in [0.1, 0.15) is 5.25 Å². The summed E-state index contributed by atoms with van der Waals surface area (Å²) >= 11 is 1.15. The first-order chi connectivity index (χ1) is 12.8. The molecule has 0 spiro atoms. The molecule has 1 saturated heterocycles. The molecule has 3 rings (SSSR count). The largest absolute Gasteiger partial charge is 0.326 e. The molecule has 1 atom stereocenters. The van der Waals surface area contributed by atoms with Gasteiger partial charge in [-0.3, -0.25) is 9.59 Å². The van der Waals surface area contributed by atoms with Crippen LogP contribution in [0.4, 0.5) is 11.4 Å². The molecule has 10 heteroatoms. The van der Waals surface area contributed by atoms with Crippen molar-refractivity contribution in [3.8, 4) is 0 Å². The fourth-order valence-electron chi connectivity index (χ4n) is 2.32. The summed E-state index contributed by atoms with van der Waals surface area (Å²) in [6.07, 6.45) is 0.00870. The lowest BCUT2D eigenvalue weighted by Gasteiger charge is -2.07. The van der Waals surface area contributed by atoms with E-state index in [9.17, 15) is 18.0 Å². The van der Waals surface area contributed by atoms with Crippen LogP contribution in [0.2, 0.25) is 0 Å². The van der Waals surface area contributed by atoms with Crippen molar-refractivity contribution in [3.05, 3.63) is 54.6 Å². The molecular formula is C17H16N4O4S2. The van der Waals surface area contributed by atoms with E-state index in [2.05, 4.69) is 15.6 Å². The first-order valence-corrected chi connectivity index (χ1v) is 10.3. The molecule has 0 unspecified atom stereocenters. The molecule has 2 amide bonds. The third kappa shape index (κ3) is 5.16. The van der Waals surface area contributed by atoms with E-state index in [1.165, 1.54) is 24.3 Å². The van der Waals surface area contributed by atoms with Crippen molar-refractivity contribution in [1.82, 2.24) is 5.32 Å². The molecule has 4 N–H and O–H groups in total. The zero-order chi connectivity index (χ0) is 19.4. The number of carbonyl (C=O) groups is 2. The van der Waals surface area contributed by atoms with Crippen molar-refractivity contribution in [3.63, 3.8) is 0 Å². The van der Waals surface area contributed by atoms with E-state index < -0.39 is 15.3 Å². The van der Waals surface area contributed by atoms with Crippen LogP contribution in [-0.2, 0) is 19.6 Å². The second kappa shape index (κ2) is 7.91. The molecule has 0 saturated carbocycles. The minimum atomic E-state index is -3.77. The highest BCUT2D eigenvalue weighted by atomic mass is 32.2. The van der Waals surface area contributed by atoms with Gasteiger partial charge in [0, 0.05) is 12.1 Å². The maximum atomic E-state index is 12.1. The number of rotatable bonds is 5. The molecule has 2 aromatic carbocycles. The summed E-state index contributed by atoms with van der Waals surface area (Å²) in [6, 6.07) is 14.6. The summed E-state index contributed by atoms with van der Waals surface area (Å²) in [4.78, 5) is 28.4. The van der Waals surface area contributed by atoms with Gasteiger partial charge in [0.25, 0.3) is 0 Å². The Bertz CT molecular complexity index is 989. The monoisotopic (exact) mass is 404 g/mol. The Morgan fingerprint density at radius 2 is 1.81 bits per heavy atom. The first-order valence-electron chi connectivity index (χ1n) is 7.85. The molecular weight excluding hydrogens is 388 g/mol. The van der Waals surface area contributed by atoms with E-state index in [1.54, 1.807) is 24.3 Å². The third-order valence-corrected chi connectivity index (χ3v) is 5.61. The zero-order valence-electron chi connectivity index (χ0n) is 14.0. The Hall–Kier alpha value is -2.69. The van der Waals surface area contributed by atoms with E-state index in [-0.39, 0.29) is 23.1 Å². The predicted molar refractivity (Wildman–Crippen MR) is 104 cm³/mol. The summed E-state index contributed by atoms with van der Waals surface area (Å²) in [5, 5.41) is 10.2. The molecule has 0 aliphatic carbocycles. The minimum Gasteiger partial charge on any atom is -0.326 e. The van der Waals surface area contributed by atoms with Crippen LogP contribution in [0.1, 0.15) is 6.42 Å². The minimum absolute atomic E-state index is 0.00870. The Labute approximate surface area is 160 Å². The Kier molecular flexibility index (Phi) is 5.59. The summed E-state index contributed by atoms with van der Waals surface area (Å²) in [7, 11) is -3.77. The second-order valence-corrected chi connectivity index (χ2v) is 8.42. The number of anilines is 1. The van der Waals surface area contributed by atoms with Gasteiger partial charge in [0.15, 0.2) is 5.17 Å². The molecule has 1 aliphatic rings. The van der Waals surface area contributed by atoms with Crippen LogP contribution in [-0.4, -0.2) is 30.6 Å². The van der Waals surface area contributed by atoms with Crippen LogP contribution in [0.5, 0.6) is 0 Å². The number of carbonyl (C=O) groups excluding carboxylic acids is 2. The Morgan fingerprint density at radius 3 is 2.44 bits per heavy atom. The average molecular weight is 404 g/mol. The van der Waals surface area contributed by atoms with Crippen molar-refractivity contribution in [2.24, 2.45) is 10.1 Å². The average Bonchev–Trinajstić information content (AvgIpc) is 2.94. The van der Waals surface area contributed by atoms with Crippen molar-refractivity contribution in [2.45, 2.75) is 16.6 Å². The van der Waals surface area contributed by atoms with E-state index in [0.29, 0.717) is 16.5 Å². The third-order valence-electron chi connectivity index (χ3n) is 3.60. The second-order valence-electron chi connectivity index (χ2n) is 5.67. The Morgan fingerprint density at radius 1 is 1.15 bits per heavy atom. The number of nitrogens with one attached hydrogen (secondary N) is 2. The quantitative estimate of drug-likeness (QED) is 0.696. The highest BCUT2D eigenvalue weighted by Crippen LogP contribution is 2.26. The first kappa shape index (κ1) is 19.1. The molecule has 0 radical (unpaired) electrons. The van der Waals surface area contributed by atoms with Gasteiger partial charge in [0.2, 0.25) is 21.8 Å². The van der Waals surface area contributed by atoms with Crippen LogP contribution in [0.25, 0.3) is 0 Å². The van der Waals surface area contributed by atoms with Crippen molar-refractivity contribution in [2.75, 3.05) is 5.32 Å². The van der Waals surface area contributed by atoms with Gasteiger partial charge in [-0.1, -0.05) is 30.0 Å². The summed E-state index contributed by atoms with van der Waals surface area (Å²) in [6.45, 7) is 0. The van der Waals surface area contributed by atoms with Gasteiger partial charge in [-0.05, 0) is 36.4 Å². The fourth-order valence-corrected chi connectivity index (χ4v) is 3.83. The number of nitrogens with zero attached hydrogens (tertiary/aromatic N) is 1. The van der Waals surface area contributed by atoms with E-state index >= 15 is 0 Å². The van der Waals surface area contributed by atoms with Crippen molar-refractivity contribution >= 4 is 50.1 Å². The molecule has 27 heavy (non-hydrogen) atoms. The molecule has 1 aliphatic heterocycles. The van der Waals surface area contributed by atoms with Gasteiger partial charge in [0.05, 0.1) is 10.6 Å². The van der Waals surface area contributed by atoms with Crippen LogP contribution < -0.4 is 15.8 Å². The molecule has 1 fully saturated rings. The molecule has 0 bridgehead atoms. The number of benzene rings is 2. The topological polar surface area (TPSA) is 131 Å². The number of amides is 2.